The number of carboxylic acid groups (broad SMARTS) is 4. The molecule has 9 aliphatic heterocycles. The molecule has 0 aromatic rings. The van der Waals surface area contributed by atoms with E-state index in [0.29, 0.717) is 70.5 Å². The van der Waals surface area contributed by atoms with Crippen LogP contribution < -0.4 is 104 Å². The molecular weight excluding hydrogens is 1330 g/mol. The second-order valence-electron chi connectivity index (χ2n) is 22.8. The number of esters is 4. The Balaban J connectivity index is -0.000000135. The van der Waals surface area contributed by atoms with Gasteiger partial charge in [0, 0.05) is 75.6 Å². The maximum absolute atomic E-state index is 11.3. The van der Waals surface area contributed by atoms with Crippen molar-refractivity contribution < 1.29 is 174 Å². The molecule has 0 radical (unpaired) electrons. The van der Waals surface area contributed by atoms with E-state index in [4.69, 9.17) is 51.1 Å². The van der Waals surface area contributed by atoms with Crippen LogP contribution in [-0.2, 0) is 57.3 Å². The minimum atomic E-state index is -1.08. The fourth-order valence-electron chi connectivity index (χ4n) is 10.5. The van der Waals surface area contributed by atoms with Gasteiger partial charge in [0.05, 0.1) is 83.6 Å². The van der Waals surface area contributed by atoms with Crippen molar-refractivity contribution in [2.24, 2.45) is 35.5 Å². The zero-order valence-corrected chi connectivity index (χ0v) is 57.4. The summed E-state index contributed by atoms with van der Waals surface area (Å²) in [5.74, 6) is -7.01. The van der Waals surface area contributed by atoms with Crippen LogP contribution in [0, 0.1) is 35.5 Å². The van der Waals surface area contributed by atoms with E-state index in [0.717, 1.165) is 121 Å². The van der Waals surface area contributed by atoms with Crippen molar-refractivity contribution in [2.75, 3.05) is 153 Å². The average molecular weight is 1450 g/mol. The first-order valence-corrected chi connectivity index (χ1v) is 31.8. The second kappa shape index (κ2) is 66.4. The molecule has 20 N–H and O–H groups in total. The van der Waals surface area contributed by atoms with Gasteiger partial charge >= 0.3 is 104 Å². The molecule has 38 heteroatoms. The Bertz CT molecular complexity index is 2270. The smallest absolute Gasteiger partial charge is 1.00 e. The number of hydrogen-bond donors (Lipinski definition) is 20. The molecule has 9 rings (SSSR count). The normalized spacial score (nSPS) is 26.2. The van der Waals surface area contributed by atoms with Crippen LogP contribution in [0.4, 0.5) is 0 Å². The molecular formula is C61H121Al3Li3N9O23. The molecule has 99 heavy (non-hydrogen) atoms. The summed E-state index contributed by atoms with van der Waals surface area (Å²) in [5, 5.41) is 124. The van der Waals surface area contributed by atoms with Gasteiger partial charge in [0.15, 0.2) is 52.1 Å². The Kier molecular flexibility index (Phi) is 72.2. The number of aliphatic hydroxyl groups is 7. The molecule has 0 bridgehead atoms. The summed E-state index contributed by atoms with van der Waals surface area (Å²) in [6, 6.07) is -1.35. The van der Waals surface area contributed by atoms with E-state index in [1.807, 2.05) is 6.08 Å². The number of carbonyl (C=O) groups excluding carboxylic acids is 4. The first-order chi connectivity index (χ1) is 44.6. The van der Waals surface area contributed by atoms with E-state index >= 15 is 0 Å². The maximum atomic E-state index is 11.3. The van der Waals surface area contributed by atoms with Gasteiger partial charge in [-0.2, -0.15) is 0 Å². The molecule has 0 aromatic carbocycles. The number of nitrogens with one attached hydrogen (secondary N) is 9. The zero-order valence-electron chi connectivity index (χ0n) is 60.4. The SMILES string of the molecule is COC(=O)C1=CCCNC1.COC(=O)[C@@H]1CNCC[C@@H]1O.COC(=O)[C@H]1NCCC[C@H]1C(=O)OC.O=C(O)C1=CCCNC1.O=C(O)[C@@H]1CNCC[C@@H]1O.O=C(O)[C@H]1NCCC[C@H]1C(=O)O.OCC1=CCCNC1.OC[C@@H]1CCCN[C@@H]1CO.OC[C@@H]1CNCC[C@@H]1O.[AlH3].[AlH3].[AlH3].[H-].[H-].[H-].[Li+].[Li+].[Li+]. The Labute approximate surface area is 654 Å². The number of aliphatic carboxylic acids is 4. The zero-order chi connectivity index (χ0) is 69.5. The van der Waals surface area contributed by atoms with Crippen molar-refractivity contribution in [3.05, 3.63) is 34.9 Å². The van der Waals surface area contributed by atoms with Crippen LogP contribution in [0.25, 0.3) is 0 Å². The number of rotatable bonds is 12. The monoisotopic (exact) mass is 1450 g/mol. The van der Waals surface area contributed by atoms with Gasteiger partial charge in [-0.25, -0.2) is 9.59 Å². The summed E-state index contributed by atoms with van der Waals surface area (Å²) < 4.78 is 18.3. The van der Waals surface area contributed by atoms with Crippen molar-refractivity contribution in [3.8, 4) is 0 Å². The van der Waals surface area contributed by atoms with Crippen LogP contribution in [0.3, 0.4) is 0 Å². The van der Waals surface area contributed by atoms with Crippen LogP contribution >= 0.6 is 0 Å². The van der Waals surface area contributed by atoms with E-state index in [1.165, 1.54) is 28.4 Å². The molecule has 12 atom stereocenters. The van der Waals surface area contributed by atoms with Crippen molar-refractivity contribution in [3.63, 3.8) is 0 Å². The van der Waals surface area contributed by atoms with Crippen molar-refractivity contribution >= 4 is 99.8 Å². The summed E-state index contributed by atoms with van der Waals surface area (Å²) in [6.45, 7) is 11.9. The van der Waals surface area contributed by atoms with Gasteiger partial charge in [0.25, 0.3) is 0 Å². The summed E-state index contributed by atoms with van der Waals surface area (Å²) >= 11 is 0. The fraction of sp³-hybridized carbons (Fsp3) is 0.770. The van der Waals surface area contributed by atoms with E-state index in [9.17, 15) is 43.5 Å². The molecule has 0 saturated carbocycles. The first-order valence-electron chi connectivity index (χ1n) is 31.8. The third-order valence-corrected chi connectivity index (χ3v) is 16.2. The third kappa shape index (κ3) is 45.7. The number of piperidine rings is 6. The Morgan fingerprint density at radius 3 is 1.20 bits per heavy atom. The molecule has 9 aliphatic rings. The number of ether oxygens (including phenoxy) is 4. The van der Waals surface area contributed by atoms with Crippen LogP contribution in [0.5, 0.6) is 0 Å². The first kappa shape index (κ1) is 108. The van der Waals surface area contributed by atoms with Gasteiger partial charge in [0.2, 0.25) is 0 Å². The van der Waals surface area contributed by atoms with Crippen LogP contribution in [0.15, 0.2) is 34.9 Å². The largest absolute Gasteiger partial charge is 1.00 e. The molecule has 6 fully saturated rings. The number of hydrogen-bond acceptors (Lipinski definition) is 28. The predicted molar refractivity (Wildman–Crippen MR) is 371 cm³/mol. The predicted octanol–water partition coefficient (Wildman–Crippen LogP) is -16.6. The fourth-order valence-corrected chi connectivity index (χ4v) is 10.5. The quantitative estimate of drug-likeness (QED) is 0.0373. The van der Waals surface area contributed by atoms with Gasteiger partial charge in [0.1, 0.15) is 12.1 Å². The second-order valence-corrected chi connectivity index (χ2v) is 22.8. The average Bonchev–Trinajstić information content (AvgIpc) is 0.832. The molecule has 32 nitrogen and oxygen atoms in total. The van der Waals surface area contributed by atoms with Gasteiger partial charge in [-0.05, 0) is 147 Å². The third-order valence-electron chi connectivity index (χ3n) is 16.2. The summed E-state index contributed by atoms with van der Waals surface area (Å²) in [4.78, 5) is 86.1. The maximum Gasteiger partial charge on any atom is 1.00 e. The van der Waals surface area contributed by atoms with Crippen LogP contribution in [0.2, 0.25) is 0 Å². The molecule has 0 aromatic heterocycles. The topological polar surface area (TPSA) is 504 Å². The minimum absolute atomic E-state index is 0. The molecule has 9 heterocycles. The molecule has 0 amide bonds. The number of carboxylic acids is 4. The molecule has 0 spiro atoms. The van der Waals surface area contributed by atoms with E-state index < -0.39 is 71.9 Å². The number of methoxy groups -OCH3 is 4. The van der Waals surface area contributed by atoms with Gasteiger partial charge in [-0.15, -0.1) is 0 Å². The Morgan fingerprint density at radius 1 is 0.424 bits per heavy atom. The van der Waals surface area contributed by atoms with Crippen molar-refractivity contribution in [1.82, 2.24) is 47.9 Å². The molecule has 6 saturated heterocycles. The Hall–Kier alpha value is -2.27. The van der Waals surface area contributed by atoms with Gasteiger partial charge < -0.3 is 127 Å². The molecule has 0 aliphatic carbocycles. The number of aliphatic hydroxyl groups excluding tert-OH is 7. The van der Waals surface area contributed by atoms with Crippen LogP contribution in [-0.4, -0.2) is 345 Å². The standard InChI is InChI=1S/C9H15NO4.C7H11NO4.C7H13NO3.C7H11NO2.C7H15NO2.C6H11NO3.C6H13NO2.C6H9NO2.C6H11NO.3Al.3Li.12H/c1-13-8(11)6-4-3-5-10-7(6)9(12)14-2;9-6(10)4-2-1-3-8-5(4)7(11)12;1-11-7(10)5-4-8-3-2-6(5)9;1-10-7(9)6-3-2-4-8-5-6;9-4-6-2-1-3-8-7(6)5-10;8-5-1-2-7-3-4(5)6(9)10;8-4-5-3-7-2-1-6(5)9;8-6(9)5-2-1-3-7-4-5;8-5-6-2-1-3-7-4-6;;;;;;;;;;;;;;;;;;/h6-7,10H,3-5H2,1-2H3;4-5,8H,1-3H2,(H,9,10)(H,11,12);5-6,8-9H,2-4H2,1H3;3,8H,2,4-5H2,1H3;6-10H,1-5H2;4-5,7-8H,1-3H2,(H,9,10);5-9H,1-4H2;2,7H,1,3-4H2,(H,8,9);2,7-8H,1,3-5H2;;;;;;;;;;;;;;;;;;/q;;;;;;;;;;;;3*+1;;;;;;;;;;3*-1/t6-,7+;4-,5+;5-,6+;;6-,7+;4-,5+;5-,6-;;;;;;;;;;;;;;;;;;;;/m111.010..................../s1. The van der Waals surface area contributed by atoms with E-state index in [1.54, 1.807) is 6.08 Å². The summed E-state index contributed by atoms with van der Waals surface area (Å²) in [7, 11) is 5.37. The van der Waals surface area contributed by atoms with Crippen molar-refractivity contribution in [1.29, 1.82) is 0 Å². The minimum Gasteiger partial charge on any atom is -1.00 e. The van der Waals surface area contributed by atoms with E-state index in [-0.39, 0.29) is 187 Å². The number of carbonyl (C=O) groups is 8. The van der Waals surface area contributed by atoms with Crippen molar-refractivity contribution in [2.45, 2.75) is 113 Å². The Morgan fingerprint density at radius 2 is 0.859 bits per heavy atom. The van der Waals surface area contributed by atoms with Gasteiger partial charge in [-0.1, -0.05) is 18.2 Å². The van der Waals surface area contributed by atoms with Crippen LogP contribution in [0.1, 0.15) is 81.3 Å². The van der Waals surface area contributed by atoms with E-state index in [2.05, 4.69) is 72.9 Å². The molecule has 560 valence electrons. The molecule has 0 unspecified atom stereocenters. The summed E-state index contributed by atoms with van der Waals surface area (Å²) in [5.41, 5.74) is 2.35. The summed E-state index contributed by atoms with van der Waals surface area (Å²) in [6.07, 6.45) is 13.9. The van der Waals surface area contributed by atoms with Gasteiger partial charge in [-0.3, -0.25) is 28.8 Å².